The summed E-state index contributed by atoms with van der Waals surface area (Å²) in [6, 6.07) is -11.1. The number of rotatable bonds is 26. The molecule has 2 aliphatic rings. The van der Waals surface area contributed by atoms with E-state index in [-0.39, 0.29) is 64.1 Å². The second-order valence-electron chi connectivity index (χ2n) is 15.4. The van der Waals surface area contributed by atoms with Crippen molar-refractivity contribution in [1.82, 2.24) is 36.4 Å². The first-order chi connectivity index (χ1) is 29.6. The molecule has 0 spiro atoms. The van der Waals surface area contributed by atoms with Crippen LogP contribution in [0.5, 0.6) is 0 Å². The smallest absolute Gasteiger partial charge is 0.326 e. The van der Waals surface area contributed by atoms with Crippen LogP contribution in [0.3, 0.4) is 0 Å². The highest BCUT2D eigenvalue weighted by Crippen LogP contribution is 2.22. The summed E-state index contributed by atoms with van der Waals surface area (Å²) in [7, 11) is 0. The molecule has 2 aliphatic heterocycles. The first-order valence-electron chi connectivity index (χ1n) is 20.3. The average molecular weight is 916 g/mol. The molecular weight excluding hydrogens is 855 g/mol. The lowest BCUT2D eigenvalue weighted by molar-refractivity contribution is -0.145. The molecule has 0 aromatic rings. The maximum atomic E-state index is 13.8. The van der Waals surface area contributed by atoms with Crippen molar-refractivity contribution in [1.29, 1.82) is 0 Å². The predicted octanol–water partition coefficient (Wildman–Crippen LogP) is -4.79. The second-order valence-corrected chi connectivity index (χ2v) is 16.4. The van der Waals surface area contributed by atoms with Crippen molar-refractivity contribution in [2.24, 2.45) is 28.1 Å². The number of likely N-dealkylation sites (tertiary alicyclic amines) is 2. The maximum Gasteiger partial charge on any atom is 0.326 e. The summed E-state index contributed by atoms with van der Waals surface area (Å²) in [6.45, 7) is 2.41. The number of amides is 7. The molecule has 2 heterocycles. The van der Waals surface area contributed by atoms with Crippen LogP contribution >= 0.6 is 11.8 Å². The summed E-state index contributed by atoms with van der Waals surface area (Å²) in [6.07, 6.45) is 1.24. The largest absolute Gasteiger partial charge is 0.481 e. The summed E-state index contributed by atoms with van der Waals surface area (Å²) in [5.74, 6) is -10.7. The van der Waals surface area contributed by atoms with Gasteiger partial charge in [-0.2, -0.15) is 11.8 Å². The number of carboxylic acids is 3. The number of aliphatic hydroxyl groups excluding tert-OH is 1. The lowest BCUT2D eigenvalue weighted by Crippen LogP contribution is -2.61. The zero-order valence-corrected chi connectivity index (χ0v) is 36.3. The van der Waals surface area contributed by atoms with Gasteiger partial charge in [-0.25, -0.2) is 4.79 Å². The Morgan fingerprint density at radius 1 is 0.698 bits per heavy atom. The van der Waals surface area contributed by atoms with E-state index >= 15 is 0 Å². The third-order valence-electron chi connectivity index (χ3n) is 10.2. The van der Waals surface area contributed by atoms with Crippen molar-refractivity contribution in [3.63, 3.8) is 0 Å². The van der Waals surface area contributed by atoms with Crippen LogP contribution in [0.15, 0.2) is 4.99 Å². The molecule has 0 radical (unpaired) electrons. The van der Waals surface area contributed by atoms with Gasteiger partial charge in [-0.05, 0) is 62.9 Å². The predicted molar refractivity (Wildman–Crippen MR) is 224 cm³/mol. The van der Waals surface area contributed by atoms with E-state index in [1.807, 2.05) is 0 Å². The highest BCUT2D eigenvalue weighted by atomic mass is 32.2. The lowest BCUT2D eigenvalue weighted by atomic mass is 10.0. The first kappa shape index (κ1) is 53.4. The van der Waals surface area contributed by atoms with Crippen LogP contribution in [-0.4, -0.2) is 182 Å². The quantitative estimate of drug-likeness (QED) is 0.0220. The number of carboxylic acid groups (broad SMARTS) is 3. The zero-order valence-electron chi connectivity index (χ0n) is 35.4. The van der Waals surface area contributed by atoms with Crippen molar-refractivity contribution in [3.05, 3.63) is 0 Å². The summed E-state index contributed by atoms with van der Waals surface area (Å²) in [5, 5.41) is 50.4. The Labute approximate surface area is 367 Å². The number of guanidine groups is 1. The first-order valence-corrected chi connectivity index (χ1v) is 21.7. The normalized spacial score (nSPS) is 18.8. The van der Waals surface area contributed by atoms with Gasteiger partial charge in [0.05, 0.1) is 25.5 Å². The number of hydrogen-bond acceptors (Lipinski definition) is 14. The van der Waals surface area contributed by atoms with E-state index < -0.39 is 133 Å². The molecule has 63 heavy (non-hydrogen) atoms. The Balaban J connectivity index is 2.18. The van der Waals surface area contributed by atoms with Gasteiger partial charge in [0.2, 0.25) is 41.4 Å². The van der Waals surface area contributed by atoms with Gasteiger partial charge >= 0.3 is 17.9 Å². The number of nitrogens with zero attached hydrogens (tertiary/aromatic N) is 3. The Morgan fingerprint density at radius 3 is 1.71 bits per heavy atom. The molecule has 2 rings (SSSR count). The fourth-order valence-electron chi connectivity index (χ4n) is 6.98. The maximum absolute atomic E-state index is 13.8. The van der Waals surface area contributed by atoms with Crippen molar-refractivity contribution in [3.8, 4) is 0 Å². The molecule has 354 valence electrons. The molecule has 7 amide bonds. The highest BCUT2D eigenvalue weighted by molar-refractivity contribution is 7.98. The van der Waals surface area contributed by atoms with Crippen LogP contribution in [0.2, 0.25) is 0 Å². The minimum atomic E-state index is -1.76. The topological polar surface area (TPSA) is 409 Å². The zero-order chi connectivity index (χ0) is 47.6. The molecule has 0 saturated carbocycles. The van der Waals surface area contributed by atoms with Crippen molar-refractivity contribution < 1.29 is 68.4 Å². The fourth-order valence-corrected chi connectivity index (χ4v) is 7.45. The van der Waals surface area contributed by atoms with E-state index in [4.69, 9.17) is 22.3 Å². The molecule has 0 aromatic carbocycles. The number of nitrogens with one attached hydrogen (secondary N) is 5. The molecule has 0 unspecified atom stereocenters. The third-order valence-corrected chi connectivity index (χ3v) is 10.9. The van der Waals surface area contributed by atoms with Crippen molar-refractivity contribution >= 4 is 77.0 Å². The van der Waals surface area contributed by atoms with E-state index in [2.05, 4.69) is 31.6 Å². The summed E-state index contributed by atoms with van der Waals surface area (Å²) < 4.78 is 0. The molecule has 15 N–H and O–H groups in total. The van der Waals surface area contributed by atoms with Gasteiger partial charge in [-0.15, -0.1) is 0 Å². The number of nitrogens with two attached hydrogens (primary N) is 3. The van der Waals surface area contributed by atoms with Gasteiger partial charge in [0.25, 0.3) is 0 Å². The van der Waals surface area contributed by atoms with Crippen LogP contribution in [-0.2, 0) is 47.9 Å². The van der Waals surface area contributed by atoms with Crippen LogP contribution in [0.4, 0.5) is 0 Å². The standard InChI is InChI=1S/C37H61N11O14S/c1-18(2)28(46-32(57)25-9-6-12-47(25)34(59)20(10-14-63-3)42-29(54)19(38)15-26(50)51)33(58)45-23(17-49)35(60)48-13-5-8-24(48)31(56)44-22(16-27(52)53)30(55)43-21(36(61)62)7-4-11-41-37(39)40/h18-25,28,49H,4-17,38H2,1-3H3,(H,42,54)(H,43,55)(H,44,56)(H,45,58)(H,46,57)(H,50,51)(H,52,53)(H,61,62)(H4,39,40,41)/t19-,20-,21-,22-,23-,24-,25-,28-/m0/s1. The minimum Gasteiger partial charge on any atom is -0.481 e. The van der Waals surface area contributed by atoms with Crippen LogP contribution in [0.1, 0.15) is 71.6 Å². The van der Waals surface area contributed by atoms with Gasteiger partial charge in [-0.3, -0.25) is 48.1 Å². The number of hydrogen-bond donors (Lipinski definition) is 12. The number of carbonyl (C=O) groups excluding carboxylic acids is 7. The fraction of sp³-hybridized carbons (Fsp3) is 0.703. The lowest BCUT2D eigenvalue weighted by Gasteiger charge is -2.32. The molecule has 0 aromatic heterocycles. The third kappa shape index (κ3) is 16.8. The molecule has 25 nitrogen and oxygen atoms in total. The van der Waals surface area contributed by atoms with Crippen LogP contribution in [0, 0.1) is 5.92 Å². The van der Waals surface area contributed by atoms with Gasteiger partial charge in [0.15, 0.2) is 5.96 Å². The highest BCUT2D eigenvalue weighted by Gasteiger charge is 2.42. The Hall–Kier alpha value is -5.76. The van der Waals surface area contributed by atoms with E-state index in [0.717, 1.165) is 4.90 Å². The van der Waals surface area contributed by atoms with Gasteiger partial charge in [0.1, 0.15) is 42.3 Å². The van der Waals surface area contributed by atoms with E-state index in [9.17, 15) is 63.3 Å². The Kier molecular flexibility index (Phi) is 22.0. The van der Waals surface area contributed by atoms with Gasteiger partial charge in [-0.1, -0.05) is 13.8 Å². The van der Waals surface area contributed by atoms with Gasteiger partial charge < -0.3 is 74.0 Å². The average Bonchev–Trinajstić information content (AvgIpc) is 3.91. The van der Waals surface area contributed by atoms with Crippen molar-refractivity contribution in [2.75, 3.05) is 38.2 Å². The van der Waals surface area contributed by atoms with Crippen LogP contribution in [0.25, 0.3) is 0 Å². The number of thioether (sulfide) groups is 1. The van der Waals surface area contributed by atoms with Crippen molar-refractivity contribution in [2.45, 2.75) is 120 Å². The minimum absolute atomic E-state index is 0.0320. The number of aliphatic hydroxyl groups is 1. The Bertz CT molecular complexity index is 1710. The molecule has 0 bridgehead atoms. The molecule has 8 atom stereocenters. The summed E-state index contributed by atoms with van der Waals surface area (Å²) in [5.41, 5.74) is 16.2. The van der Waals surface area contributed by atoms with E-state index in [1.165, 1.54) is 16.7 Å². The molecule has 2 fully saturated rings. The SMILES string of the molecule is CSCC[C@H](NC(=O)[C@@H](N)CC(=O)O)C(=O)N1CCC[C@H]1C(=O)N[C@H](C(=O)N[C@@H](CO)C(=O)N1CCC[C@H]1C(=O)N[C@@H](CC(=O)O)C(=O)N[C@@H](CCCN=C(N)N)C(=O)O)C(C)C. The second kappa shape index (κ2) is 26.0. The molecular formula is C37H61N11O14S. The van der Waals surface area contributed by atoms with Crippen LogP contribution < -0.4 is 43.8 Å². The number of aliphatic carboxylic acids is 3. The monoisotopic (exact) mass is 915 g/mol. The van der Waals surface area contributed by atoms with E-state index in [1.54, 1.807) is 20.1 Å². The number of carbonyl (C=O) groups is 10. The van der Waals surface area contributed by atoms with E-state index in [0.29, 0.717) is 12.2 Å². The number of aliphatic imine (C=N–C) groups is 1. The molecule has 26 heteroatoms. The Morgan fingerprint density at radius 2 is 1.22 bits per heavy atom. The molecule has 2 saturated heterocycles. The summed E-state index contributed by atoms with van der Waals surface area (Å²) in [4.78, 5) is 135. The van der Waals surface area contributed by atoms with Gasteiger partial charge in [0, 0.05) is 19.6 Å². The molecule has 0 aliphatic carbocycles. The summed E-state index contributed by atoms with van der Waals surface area (Å²) >= 11 is 1.39.